The van der Waals surface area contributed by atoms with E-state index in [1.807, 2.05) is 31.1 Å². The molecule has 2 aliphatic heterocycles. The third kappa shape index (κ3) is 3.60. The Morgan fingerprint density at radius 1 is 1.26 bits per heavy atom. The number of hydrogen-bond donors (Lipinski definition) is 0. The van der Waals surface area contributed by atoms with Crippen LogP contribution < -0.4 is 19.1 Å². The van der Waals surface area contributed by atoms with E-state index in [0.717, 1.165) is 12.2 Å². The maximum absolute atomic E-state index is 13.0. The van der Waals surface area contributed by atoms with Crippen LogP contribution in [0, 0.1) is 0 Å². The molecule has 8 nitrogen and oxygen atoms in total. The Labute approximate surface area is 157 Å². The molecule has 0 aliphatic carbocycles. The van der Waals surface area contributed by atoms with E-state index in [1.165, 1.54) is 0 Å². The summed E-state index contributed by atoms with van der Waals surface area (Å²) in [4.78, 5) is 25.2. The first-order valence-electron chi connectivity index (χ1n) is 8.96. The molecule has 0 spiro atoms. The van der Waals surface area contributed by atoms with Crippen molar-refractivity contribution in [1.29, 1.82) is 0 Å². The van der Waals surface area contributed by atoms with Gasteiger partial charge in [-0.3, -0.25) is 9.78 Å². The van der Waals surface area contributed by atoms with Gasteiger partial charge in [0.2, 0.25) is 5.88 Å². The highest BCUT2D eigenvalue weighted by molar-refractivity contribution is 5.98. The van der Waals surface area contributed by atoms with Crippen LogP contribution in [-0.4, -0.2) is 67.3 Å². The molecule has 4 rings (SSSR count). The quantitative estimate of drug-likeness (QED) is 0.809. The highest BCUT2D eigenvalue weighted by Crippen LogP contribution is 2.34. The number of amides is 1. The van der Waals surface area contributed by atoms with Crippen molar-refractivity contribution in [3.8, 4) is 17.4 Å². The SMILES string of the molecule is CN(C)c1cncc(OC2CCN(C(=O)c3cccc4c3OCCO4)C2)n1. The maximum atomic E-state index is 13.0. The van der Waals surface area contributed by atoms with E-state index in [4.69, 9.17) is 14.2 Å². The summed E-state index contributed by atoms with van der Waals surface area (Å²) >= 11 is 0. The summed E-state index contributed by atoms with van der Waals surface area (Å²) in [5, 5.41) is 0. The minimum atomic E-state index is -0.114. The molecule has 2 aliphatic rings. The van der Waals surface area contributed by atoms with Crippen LogP contribution in [0.5, 0.6) is 17.4 Å². The van der Waals surface area contributed by atoms with Gasteiger partial charge in [-0.2, -0.15) is 4.98 Å². The number of para-hydroxylation sites is 1. The van der Waals surface area contributed by atoms with Crippen LogP contribution in [0.25, 0.3) is 0 Å². The zero-order chi connectivity index (χ0) is 18.8. The molecule has 0 saturated carbocycles. The number of carbonyl (C=O) groups is 1. The first-order chi connectivity index (χ1) is 13.1. The first kappa shape index (κ1) is 17.4. The second kappa shape index (κ2) is 7.30. The van der Waals surface area contributed by atoms with Crippen molar-refractivity contribution in [3.63, 3.8) is 0 Å². The van der Waals surface area contributed by atoms with Gasteiger partial charge < -0.3 is 24.0 Å². The van der Waals surface area contributed by atoms with Crippen molar-refractivity contribution >= 4 is 11.7 Å². The van der Waals surface area contributed by atoms with Crippen molar-refractivity contribution in [2.45, 2.75) is 12.5 Å². The third-order valence-corrected chi connectivity index (χ3v) is 4.57. The third-order valence-electron chi connectivity index (χ3n) is 4.57. The average Bonchev–Trinajstić information content (AvgIpc) is 3.15. The van der Waals surface area contributed by atoms with Gasteiger partial charge in [-0.1, -0.05) is 6.07 Å². The standard InChI is InChI=1S/C19H22N4O4/c1-22(2)16-10-20-11-17(21-16)27-13-6-7-23(12-13)19(24)14-4-3-5-15-18(14)26-9-8-25-15/h3-5,10-11,13H,6-9,12H2,1-2H3. The zero-order valence-electron chi connectivity index (χ0n) is 15.4. The van der Waals surface area contributed by atoms with Crippen LogP contribution in [0.15, 0.2) is 30.6 Å². The molecule has 2 aromatic rings. The lowest BCUT2D eigenvalue weighted by Gasteiger charge is -2.23. The molecule has 1 atom stereocenters. The lowest BCUT2D eigenvalue weighted by atomic mass is 10.1. The van der Waals surface area contributed by atoms with Crippen LogP contribution in [-0.2, 0) is 0 Å². The first-order valence-corrected chi connectivity index (χ1v) is 8.96. The van der Waals surface area contributed by atoms with Crippen LogP contribution in [0.1, 0.15) is 16.8 Å². The molecule has 1 aromatic carbocycles. The van der Waals surface area contributed by atoms with E-state index in [-0.39, 0.29) is 12.0 Å². The fourth-order valence-corrected chi connectivity index (χ4v) is 3.20. The van der Waals surface area contributed by atoms with Gasteiger partial charge in [-0.15, -0.1) is 0 Å². The van der Waals surface area contributed by atoms with Crippen molar-refractivity contribution in [3.05, 3.63) is 36.2 Å². The summed E-state index contributed by atoms with van der Waals surface area (Å²) in [6.45, 7) is 2.06. The molecule has 27 heavy (non-hydrogen) atoms. The van der Waals surface area contributed by atoms with E-state index < -0.39 is 0 Å². The van der Waals surface area contributed by atoms with E-state index >= 15 is 0 Å². The number of hydrogen-bond acceptors (Lipinski definition) is 7. The van der Waals surface area contributed by atoms with Gasteiger partial charge in [0, 0.05) is 27.1 Å². The summed E-state index contributed by atoms with van der Waals surface area (Å²) in [5.41, 5.74) is 0.530. The lowest BCUT2D eigenvalue weighted by molar-refractivity contribution is 0.0760. The largest absolute Gasteiger partial charge is 0.486 e. The highest BCUT2D eigenvalue weighted by atomic mass is 16.6. The van der Waals surface area contributed by atoms with Crippen molar-refractivity contribution in [2.24, 2.45) is 0 Å². The van der Waals surface area contributed by atoms with E-state index in [9.17, 15) is 4.79 Å². The smallest absolute Gasteiger partial charge is 0.257 e. The molecule has 1 saturated heterocycles. The number of aromatic nitrogens is 2. The van der Waals surface area contributed by atoms with Gasteiger partial charge in [-0.05, 0) is 12.1 Å². The predicted octanol–water partition coefficient (Wildman–Crippen LogP) is 1.61. The topological polar surface area (TPSA) is 77.0 Å². The molecule has 1 aromatic heterocycles. The molecule has 142 valence electrons. The maximum Gasteiger partial charge on any atom is 0.257 e. The van der Waals surface area contributed by atoms with E-state index in [1.54, 1.807) is 23.4 Å². The summed E-state index contributed by atoms with van der Waals surface area (Å²) < 4.78 is 17.2. The second-order valence-electron chi connectivity index (χ2n) is 6.72. The number of rotatable bonds is 4. The number of fused-ring (bicyclic) bond motifs is 1. The van der Waals surface area contributed by atoms with Crippen molar-refractivity contribution < 1.29 is 19.0 Å². The normalized spacial score (nSPS) is 18.3. The summed E-state index contributed by atoms with van der Waals surface area (Å²) in [5.74, 6) is 2.27. The number of anilines is 1. The van der Waals surface area contributed by atoms with Crippen LogP contribution in [0.2, 0.25) is 0 Å². The number of benzene rings is 1. The van der Waals surface area contributed by atoms with Crippen molar-refractivity contribution in [2.75, 3.05) is 45.3 Å². The minimum Gasteiger partial charge on any atom is -0.486 e. The molecule has 0 radical (unpaired) electrons. The monoisotopic (exact) mass is 370 g/mol. The fourth-order valence-electron chi connectivity index (χ4n) is 3.20. The Morgan fingerprint density at radius 2 is 2.11 bits per heavy atom. The van der Waals surface area contributed by atoms with Crippen molar-refractivity contribution in [1.82, 2.24) is 14.9 Å². The number of likely N-dealkylation sites (tertiary alicyclic amines) is 1. The number of ether oxygens (including phenoxy) is 3. The fraction of sp³-hybridized carbons (Fsp3) is 0.421. The Kier molecular flexibility index (Phi) is 4.70. The average molecular weight is 370 g/mol. The summed E-state index contributed by atoms with van der Waals surface area (Å²) in [6.07, 6.45) is 3.90. The van der Waals surface area contributed by atoms with Crippen LogP contribution in [0.3, 0.4) is 0 Å². The molecule has 3 heterocycles. The molecule has 8 heteroatoms. The van der Waals surface area contributed by atoms with Crippen LogP contribution in [0.4, 0.5) is 5.82 Å². The minimum absolute atomic E-state index is 0.0726. The molecular weight excluding hydrogens is 348 g/mol. The highest BCUT2D eigenvalue weighted by Gasteiger charge is 2.31. The van der Waals surface area contributed by atoms with Gasteiger partial charge in [-0.25, -0.2) is 0 Å². The van der Waals surface area contributed by atoms with Gasteiger partial charge in [0.05, 0.1) is 24.5 Å². The van der Waals surface area contributed by atoms with Gasteiger partial charge >= 0.3 is 0 Å². The number of nitrogens with zero attached hydrogens (tertiary/aromatic N) is 4. The molecular formula is C19H22N4O4. The van der Waals surface area contributed by atoms with Gasteiger partial charge in [0.1, 0.15) is 19.3 Å². The van der Waals surface area contributed by atoms with E-state index in [0.29, 0.717) is 49.2 Å². The number of carbonyl (C=O) groups excluding carboxylic acids is 1. The van der Waals surface area contributed by atoms with Gasteiger partial charge in [0.25, 0.3) is 5.91 Å². The summed E-state index contributed by atoms with van der Waals surface area (Å²) in [6, 6.07) is 5.40. The molecule has 0 bridgehead atoms. The lowest BCUT2D eigenvalue weighted by Crippen LogP contribution is -2.32. The van der Waals surface area contributed by atoms with E-state index in [2.05, 4.69) is 9.97 Å². The zero-order valence-corrected chi connectivity index (χ0v) is 15.4. The predicted molar refractivity (Wildman–Crippen MR) is 98.7 cm³/mol. The Hall–Kier alpha value is -3.03. The Balaban J connectivity index is 1.44. The molecule has 0 N–H and O–H groups in total. The van der Waals surface area contributed by atoms with Crippen LogP contribution >= 0.6 is 0 Å². The Bertz CT molecular complexity index is 842. The molecule has 1 unspecified atom stereocenters. The second-order valence-corrected chi connectivity index (χ2v) is 6.72. The Morgan fingerprint density at radius 3 is 2.96 bits per heavy atom. The summed E-state index contributed by atoms with van der Waals surface area (Å²) in [7, 11) is 3.80. The van der Waals surface area contributed by atoms with Gasteiger partial charge in [0.15, 0.2) is 17.3 Å². The molecule has 1 amide bonds. The molecule has 1 fully saturated rings.